The van der Waals surface area contributed by atoms with Crippen LogP contribution in [0.5, 0.6) is 5.75 Å². The minimum absolute atomic E-state index is 0.272. The van der Waals surface area contributed by atoms with Gasteiger partial charge in [-0.1, -0.05) is 12.1 Å². The molecule has 0 bridgehead atoms. The zero-order valence-corrected chi connectivity index (χ0v) is 13.8. The highest BCUT2D eigenvalue weighted by Gasteiger charge is 2.08. The van der Waals surface area contributed by atoms with Crippen LogP contribution in [0.15, 0.2) is 48.8 Å². The lowest BCUT2D eigenvalue weighted by atomic mass is 10.2. The Labute approximate surface area is 137 Å². The fourth-order valence-electron chi connectivity index (χ4n) is 2.25. The number of pyridine rings is 1. The lowest BCUT2D eigenvalue weighted by Gasteiger charge is -2.06. The standard InChI is InChI=1S/C19H24NO3/c1-3-22-19(21)17-9-12-20(13-10-17)11-4-5-14-23-18-8-6-7-16(2)15-18/h6-10,12-13,15H,3-5,11,14H2,1-2H3/q+1. The Balaban J connectivity index is 1.69. The van der Waals surface area contributed by atoms with Gasteiger partial charge in [-0.05, 0) is 38.0 Å². The summed E-state index contributed by atoms with van der Waals surface area (Å²) in [6, 6.07) is 11.7. The molecule has 0 aliphatic rings. The van der Waals surface area contributed by atoms with E-state index >= 15 is 0 Å². The van der Waals surface area contributed by atoms with Crippen molar-refractivity contribution in [2.24, 2.45) is 0 Å². The van der Waals surface area contributed by atoms with Gasteiger partial charge in [0.25, 0.3) is 0 Å². The van der Waals surface area contributed by atoms with Gasteiger partial charge in [0.05, 0.1) is 18.8 Å². The second-order valence-corrected chi connectivity index (χ2v) is 5.42. The van der Waals surface area contributed by atoms with Crippen LogP contribution >= 0.6 is 0 Å². The number of aromatic nitrogens is 1. The number of aryl methyl sites for hydroxylation is 2. The van der Waals surface area contributed by atoms with Crippen molar-refractivity contribution in [1.82, 2.24) is 0 Å². The number of rotatable bonds is 8. The highest BCUT2D eigenvalue weighted by Crippen LogP contribution is 2.12. The molecule has 0 saturated heterocycles. The van der Waals surface area contributed by atoms with Crippen molar-refractivity contribution in [3.8, 4) is 5.75 Å². The summed E-state index contributed by atoms with van der Waals surface area (Å²) in [6.07, 6.45) is 5.83. The van der Waals surface area contributed by atoms with Crippen LogP contribution in [0.4, 0.5) is 0 Å². The van der Waals surface area contributed by atoms with Gasteiger partial charge in [-0.25, -0.2) is 9.36 Å². The first-order valence-electron chi connectivity index (χ1n) is 8.04. The predicted octanol–water partition coefficient (Wildman–Crippen LogP) is 3.32. The first kappa shape index (κ1) is 17.0. The average Bonchev–Trinajstić information content (AvgIpc) is 2.55. The van der Waals surface area contributed by atoms with Gasteiger partial charge in [-0.2, -0.15) is 0 Å². The summed E-state index contributed by atoms with van der Waals surface area (Å²) in [7, 11) is 0. The molecule has 4 nitrogen and oxygen atoms in total. The second kappa shape index (κ2) is 8.93. The molecule has 0 amide bonds. The third kappa shape index (κ3) is 5.74. The van der Waals surface area contributed by atoms with E-state index in [1.54, 1.807) is 19.1 Å². The van der Waals surface area contributed by atoms with Crippen molar-refractivity contribution in [3.63, 3.8) is 0 Å². The summed E-state index contributed by atoms with van der Waals surface area (Å²) >= 11 is 0. The zero-order chi connectivity index (χ0) is 16.5. The molecule has 0 fully saturated rings. The van der Waals surface area contributed by atoms with E-state index in [4.69, 9.17) is 9.47 Å². The van der Waals surface area contributed by atoms with Crippen LogP contribution in [0, 0.1) is 6.92 Å². The van der Waals surface area contributed by atoms with Crippen molar-refractivity contribution in [3.05, 3.63) is 59.9 Å². The van der Waals surface area contributed by atoms with Crippen molar-refractivity contribution < 1.29 is 18.8 Å². The number of hydrogen-bond acceptors (Lipinski definition) is 3. The molecule has 0 N–H and O–H groups in total. The van der Waals surface area contributed by atoms with Gasteiger partial charge in [0.2, 0.25) is 0 Å². The van der Waals surface area contributed by atoms with Crippen molar-refractivity contribution in [2.75, 3.05) is 13.2 Å². The summed E-state index contributed by atoms with van der Waals surface area (Å²) in [5.41, 5.74) is 1.80. The van der Waals surface area contributed by atoms with E-state index in [0.29, 0.717) is 18.8 Å². The number of ether oxygens (including phenoxy) is 2. The predicted molar refractivity (Wildman–Crippen MR) is 88.5 cm³/mol. The fourth-order valence-corrected chi connectivity index (χ4v) is 2.25. The molecular formula is C19H24NO3+. The van der Waals surface area contributed by atoms with Gasteiger partial charge in [-0.15, -0.1) is 0 Å². The van der Waals surface area contributed by atoms with Crippen LogP contribution in [0.25, 0.3) is 0 Å². The summed E-state index contributed by atoms with van der Waals surface area (Å²) in [5, 5.41) is 0. The third-order valence-corrected chi connectivity index (χ3v) is 3.47. The molecular weight excluding hydrogens is 290 g/mol. The summed E-state index contributed by atoms with van der Waals surface area (Å²) in [5.74, 6) is 0.655. The summed E-state index contributed by atoms with van der Waals surface area (Å²) in [6.45, 7) is 5.88. The monoisotopic (exact) mass is 314 g/mol. The van der Waals surface area contributed by atoms with E-state index in [9.17, 15) is 4.79 Å². The number of nitrogens with zero attached hydrogens (tertiary/aromatic N) is 1. The number of unbranched alkanes of at least 4 members (excludes halogenated alkanes) is 1. The molecule has 1 aromatic heterocycles. The number of hydrogen-bond donors (Lipinski definition) is 0. The van der Waals surface area contributed by atoms with E-state index in [0.717, 1.165) is 25.1 Å². The van der Waals surface area contributed by atoms with Gasteiger partial charge in [0.1, 0.15) is 12.3 Å². The van der Waals surface area contributed by atoms with Crippen molar-refractivity contribution >= 4 is 5.97 Å². The molecule has 1 heterocycles. The molecule has 0 aliphatic carbocycles. The average molecular weight is 314 g/mol. The van der Waals surface area contributed by atoms with Crippen molar-refractivity contribution in [1.29, 1.82) is 0 Å². The molecule has 0 saturated carbocycles. The molecule has 4 heteroatoms. The van der Waals surface area contributed by atoms with E-state index in [-0.39, 0.29) is 5.97 Å². The van der Waals surface area contributed by atoms with E-state index in [1.807, 2.05) is 30.6 Å². The lowest BCUT2D eigenvalue weighted by Crippen LogP contribution is -2.33. The number of carbonyl (C=O) groups is 1. The zero-order valence-electron chi connectivity index (χ0n) is 13.8. The molecule has 0 aliphatic heterocycles. The number of esters is 1. The highest BCUT2D eigenvalue weighted by molar-refractivity contribution is 5.88. The molecule has 0 unspecified atom stereocenters. The quantitative estimate of drug-likeness (QED) is 0.426. The minimum atomic E-state index is -0.272. The lowest BCUT2D eigenvalue weighted by molar-refractivity contribution is -0.697. The Morgan fingerprint density at radius 1 is 1.13 bits per heavy atom. The maximum Gasteiger partial charge on any atom is 0.338 e. The maximum atomic E-state index is 11.6. The Morgan fingerprint density at radius 2 is 1.91 bits per heavy atom. The van der Waals surface area contributed by atoms with Gasteiger partial charge in [0.15, 0.2) is 12.4 Å². The number of carbonyl (C=O) groups excluding carboxylic acids is 1. The Hall–Kier alpha value is -2.36. The smallest absolute Gasteiger partial charge is 0.338 e. The molecule has 23 heavy (non-hydrogen) atoms. The van der Waals surface area contributed by atoms with Gasteiger partial charge >= 0.3 is 5.97 Å². The Morgan fingerprint density at radius 3 is 2.61 bits per heavy atom. The van der Waals surface area contributed by atoms with E-state index < -0.39 is 0 Å². The van der Waals surface area contributed by atoms with E-state index in [1.165, 1.54) is 5.56 Å². The first-order valence-corrected chi connectivity index (χ1v) is 8.04. The van der Waals surface area contributed by atoms with Crippen LogP contribution in [0.3, 0.4) is 0 Å². The van der Waals surface area contributed by atoms with Crippen LogP contribution in [-0.4, -0.2) is 19.2 Å². The fraction of sp³-hybridized carbons (Fsp3) is 0.368. The van der Waals surface area contributed by atoms with Crippen LogP contribution < -0.4 is 9.30 Å². The van der Waals surface area contributed by atoms with Gasteiger partial charge in [-0.3, -0.25) is 0 Å². The van der Waals surface area contributed by atoms with Gasteiger partial charge in [0, 0.05) is 18.6 Å². The van der Waals surface area contributed by atoms with Crippen LogP contribution in [-0.2, 0) is 11.3 Å². The van der Waals surface area contributed by atoms with E-state index in [2.05, 4.69) is 17.6 Å². The second-order valence-electron chi connectivity index (χ2n) is 5.42. The number of benzene rings is 1. The van der Waals surface area contributed by atoms with Crippen molar-refractivity contribution in [2.45, 2.75) is 33.2 Å². The SMILES string of the molecule is CCOC(=O)c1cc[n+](CCCCOc2cccc(C)c2)cc1. The first-order chi connectivity index (χ1) is 11.2. The molecule has 2 aromatic rings. The van der Waals surface area contributed by atoms with Crippen LogP contribution in [0.2, 0.25) is 0 Å². The molecule has 2 rings (SSSR count). The topological polar surface area (TPSA) is 39.4 Å². The summed E-state index contributed by atoms with van der Waals surface area (Å²) in [4.78, 5) is 11.6. The minimum Gasteiger partial charge on any atom is -0.494 e. The molecule has 0 spiro atoms. The molecule has 0 radical (unpaired) electrons. The maximum absolute atomic E-state index is 11.6. The normalized spacial score (nSPS) is 10.3. The molecule has 0 atom stereocenters. The third-order valence-electron chi connectivity index (χ3n) is 3.47. The highest BCUT2D eigenvalue weighted by atomic mass is 16.5. The Kier molecular flexibility index (Phi) is 6.60. The molecule has 122 valence electrons. The summed E-state index contributed by atoms with van der Waals surface area (Å²) < 4.78 is 12.8. The van der Waals surface area contributed by atoms with Gasteiger partial charge < -0.3 is 9.47 Å². The van der Waals surface area contributed by atoms with Crippen LogP contribution in [0.1, 0.15) is 35.7 Å². The Bertz CT molecular complexity index is 623. The largest absolute Gasteiger partial charge is 0.494 e. The molecule has 1 aromatic carbocycles.